The fourth-order valence-corrected chi connectivity index (χ4v) is 2.52. The van der Waals surface area contributed by atoms with Gasteiger partial charge < -0.3 is 15.5 Å². The smallest absolute Gasteiger partial charge is 0.263 e. The van der Waals surface area contributed by atoms with Crippen LogP contribution in [-0.4, -0.2) is 25.4 Å². The molecule has 1 aromatic rings. The fourth-order valence-electron chi connectivity index (χ4n) is 1.49. The van der Waals surface area contributed by atoms with Crippen molar-refractivity contribution in [2.24, 2.45) is 0 Å². The van der Waals surface area contributed by atoms with Crippen LogP contribution >= 0.6 is 24.0 Å². The summed E-state index contributed by atoms with van der Waals surface area (Å²) in [6.45, 7) is 1.38. The zero-order valence-corrected chi connectivity index (χ0v) is 11.1. The van der Waals surface area contributed by atoms with Gasteiger partial charge in [0.15, 0.2) is 0 Å². The lowest BCUT2D eigenvalue weighted by Gasteiger charge is -2.07. The summed E-state index contributed by atoms with van der Waals surface area (Å²) < 4.78 is 0.377. The van der Waals surface area contributed by atoms with Gasteiger partial charge in [0.25, 0.3) is 5.91 Å². The van der Waals surface area contributed by atoms with Crippen molar-refractivity contribution in [1.82, 2.24) is 10.3 Å². The van der Waals surface area contributed by atoms with Crippen molar-refractivity contribution < 1.29 is 15.0 Å². The van der Waals surface area contributed by atoms with Gasteiger partial charge in [-0.2, -0.15) is 0 Å². The van der Waals surface area contributed by atoms with Gasteiger partial charge in [0.05, 0.1) is 17.2 Å². The van der Waals surface area contributed by atoms with E-state index in [-0.39, 0.29) is 18.3 Å². The van der Waals surface area contributed by atoms with Crippen molar-refractivity contribution in [2.75, 3.05) is 0 Å². The molecular weight excluding hydrogens is 272 g/mol. The molecule has 2 heterocycles. The second kappa shape index (κ2) is 5.05. The molecule has 1 saturated heterocycles. The second-order valence-electron chi connectivity index (χ2n) is 3.64. The van der Waals surface area contributed by atoms with Crippen LogP contribution in [0.3, 0.4) is 0 Å². The van der Waals surface area contributed by atoms with E-state index in [1.165, 1.54) is 12.3 Å². The first-order chi connectivity index (χ1) is 8.52. The molecule has 0 radical (unpaired) electrons. The summed E-state index contributed by atoms with van der Waals surface area (Å²) >= 11 is 6.00. The number of aromatic nitrogens is 1. The molecule has 7 heteroatoms. The third-order valence-corrected chi connectivity index (χ3v) is 3.61. The molecule has 0 saturated carbocycles. The largest absolute Gasteiger partial charge is 0.505 e. The highest BCUT2D eigenvalue weighted by Gasteiger charge is 2.23. The molecule has 0 bridgehead atoms. The Hall–Kier alpha value is -1.44. The minimum atomic E-state index is -0.303. The van der Waals surface area contributed by atoms with Crippen LogP contribution in [0.2, 0.25) is 0 Å². The van der Waals surface area contributed by atoms with E-state index in [1.54, 1.807) is 6.92 Å². The fraction of sp³-hybridized carbons (Fsp3) is 0.182. The zero-order valence-electron chi connectivity index (χ0n) is 9.43. The van der Waals surface area contributed by atoms with E-state index >= 15 is 0 Å². The molecule has 0 unspecified atom stereocenters. The number of carbonyl (C=O) groups is 1. The first kappa shape index (κ1) is 13.0. The molecule has 3 N–H and O–H groups in total. The quantitative estimate of drug-likeness (QED) is 0.556. The summed E-state index contributed by atoms with van der Waals surface area (Å²) in [7, 11) is 0. The molecule has 1 aliphatic rings. The van der Waals surface area contributed by atoms with E-state index in [9.17, 15) is 15.0 Å². The number of hydrogen-bond donors (Lipinski definition) is 3. The average molecular weight is 282 g/mol. The highest BCUT2D eigenvalue weighted by Crippen LogP contribution is 2.31. The van der Waals surface area contributed by atoms with Crippen molar-refractivity contribution in [3.63, 3.8) is 0 Å². The molecule has 5 nitrogen and oxygen atoms in total. The number of nitrogens with zero attached hydrogens (tertiary/aromatic N) is 1. The van der Waals surface area contributed by atoms with E-state index in [0.717, 1.165) is 11.8 Å². The Balaban J connectivity index is 2.51. The van der Waals surface area contributed by atoms with Gasteiger partial charge in [-0.25, -0.2) is 0 Å². The predicted molar refractivity (Wildman–Crippen MR) is 72.9 cm³/mol. The van der Waals surface area contributed by atoms with Crippen molar-refractivity contribution in [3.8, 4) is 5.75 Å². The van der Waals surface area contributed by atoms with E-state index < -0.39 is 0 Å². The highest BCUT2D eigenvalue weighted by molar-refractivity contribution is 8.26. The Bertz CT molecular complexity index is 570. The van der Waals surface area contributed by atoms with Gasteiger partial charge in [0.2, 0.25) is 0 Å². The Kier molecular flexibility index (Phi) is 3.65. The molecule has 94 valence electrons. The molecule has 1 amide bonds. The summed E-state index contributed by atoms with van der Waals surface area (Å²) in [5.74, 6) is -0.344. The van der Waals surface area contributed by atoms with E-state index in [4.69, 9.17) is 12.2 Å². The van der Waals surface area contributed by atoms with Crippen molar-refractivity contribution in [3.05, 3.63) is 27.9 Å². The second-order valence-corrected chi connectivity index (χ2v) is 5.36. The van der Waals surface area contributed by atoms with Crippen LogP contribution < -0.4 is 5.32 Å². The number of amides is 1. The molecule has 1 aliphatic heterocycles. The minimum Gasteiger partial charge on any atom is -0.505 e. The maximum absolute atomic E-state index is 11.5. The van der Waals surface area contributed by atoms with Gasteiger partial charge in [-0.3, -0.25) is 9.78 Å². The van der Waals surface area contributed by atoms with Crippen LogP contribution in [0.25, 0.3) is 6.08 Å². The number of carbonyl (C=O) groups excluding carboxylic acids is 1. The summed E-state index contributed by atoms with van der Waals surface area (Å²) in [5.41, 5.74) is 1.29. The summed E-state index contributed by atoms with van der Waals surface area (Å²) in [6.07, 6.45) is 2.98. The van der Waals surface area contributed by atoms with Gasteiger partial charge in [0.1, 0.15) is 10.1 Å². The molecule has 0 aromatic carbocycles. The van der Waals surface area contributed by atoms with Gasteiger partial charge in [-0.05, 0) is 13.0 Å². The number of hydrogen-bond acceptors (Lipinski definition) is 6. The van der Waals surface area contributed by atoms with E-state index in [2.05, 4.69) is 10.3 Å². The van der Waals surface area contributed by atoms with Crippen molar-refractivity contribution >= 4 is 40.3 Å². The number of aliphatic hydroxyl groups is 1. The van der Waals surface area contributed by atoms with Gasteiger partial charge in [-0.1, -0.05) is 24.0 Å². The molecule has 2 rings (SSSR count). The lowest BCUT2D eigenvalue weighted by atomic mass is 10.1. The number of thioether (sulfide) groups is 1. The minimum absolute atomic E-state index is 0.0414. The summed E-state index contributed by atoms with van der Waals surface area (Å²) in [5, 5.41) is 21.6. The zero-order chi connectivity index (χ0) is 13.3. The average Bonchev–Trinajstić information content (AvgIpc) is 2.64. The van der Waals surface area contributed by atoms with Gasteiger partial charge >= 0.3 is 0 Å². The van der Waals surface area contributed by atoms with Crippen LogP contribution in [0, 0.1) is 6.92 Å². The third kappa shape index (κ3) is 2.38. The number of pyridine rings is 1. The molecule has 1 fully saturated rings. The number of rotatable bonds is 2. The molecular formula is C11H10N2O3S2. The number of aryl methyl sites for hydroxylation is 1. The third-order valence-electron chi connectivity index (χ3n) is 2.45. The Morgan fingerprint density at radius 2 is 2.33 bits per heavy atom. The first-order valence-corrected chi connectivity index (χ1v) is 6.28. The van der Waals surface area contributed by atoms with Crippen LogP contribution in [0.5, 0.6) is 5.75 Å². The highest BCUT2D eigenvalue weighted by atomic mass is 32.2. The SMILES string of the molecule is Cc1ncc(CO)c(/C=C2\SC(=S)NC2=O)c1O. The van der Waals surface area contributed by atoms with Crippen LogP contribution in [0.15, 0.2) is 11.1 Å². The molecule has 1 aromatic heterocycles. The first-order valence-electron chi connectivity index (χ1n) is 5.06. The molecule has 0 spiro atoms. The van der Waals surface area contributed by atoms with Crippen LogP contribution in [0.1, 0.15) is 16.8 Å². The molecule has 0 aliphatic carbocycles. The monoisotopic (exact) mass is 282 g/mol. The Morgan fingerprint density at radius 1 is 1.61 bits per heavy atom. The normalized spacial score (nSPS) is 17.3. The number of nitrogens with one attached hydrogen (secondary N) is 1. The maximum atomic E-state index is 11.5. The van der Waals surface area contributed by atoms with Crippen LogP contribution in [-0.2, 0) is 11.4 Å². The predicted octanol–water partition coefficient (Wildman–Crippen LogP) is 1.08. The van der Waals surface area contributed by atoms with Gasteiger partial charge in [-0.15, -0.1) is 0 Å². The summed E-state index contributed by atoms with van der Waals surface area (Å²) in [6, 6.07) is 0. The number of thiocarbonyl (C=S) groups is 1. The van der Waals surface area contributed by atoms with E-state index in [1.807, 2.05) is 0 Å². The molecule has 0 atom stereocenters. The van der Waals surface area contributed by atoms with Crippen molar-refractivity contribution in [2.45, 2.75) is 13.5 Å². The lowest BCUT2D eigenvalue weighted by Crippen LogP contribution is -2.17. The maximum Gasteiger partial charge on any atom is 0.263 e. The number of aliphatic hydroxyl groups excluding tert-OH is 1. The van der Waals surface area contributed by atoms with Crippen LogP contribution in [0.4, 0.5) is 0 Å². The summed E-state index contributed by atoms with van der Waals surface area (Å²) in [4.78, 5) is 15.9. The Labute approximate surface area is 113 Å². The Morgan fingerprint density at radius 3 is 2.89 bits per heavy atom. The van der Waals surface area contributed by atoms with E-state index in [0.29, 0.717) is 26.0 Å². The van der Waals surface area contributed by atoms with Crippen molar-refractivity contribution in [1.29, 1.82) is 0 Å². The standard InChI is InChI=1S/C11H10N2O3S2/c1-5-9(15)7(6(4-14)3-12-5)2-8-10(16)13-11(17)18-8/h2-3,14-15H,4H2,1H3,(H,13,16,17)/b8-2-. The van der Waals surface area contributed by atoms with Gasteiger partial charge in [0, 0.05) is 17.3 Å². The topological polar surface area (TPSA) is 82.5 Å². The number of aromatic hydroxyl groups is 1. The lowest BCUT2D eigenvalue weighted by molar-refractivity contribution is -0.115. The molecule has 18 heavy (non-hydrogen) atoms.